The standard InChI is InChI=1S/C14H22N4O2S/c15-14(1-7-20-8-2-14)13(19)18-5-3-17(4-6-18)9-12-10-21-11-16-12/h10-11H,1-9,15H2. The molecule has 7 heteroatoms. The molecule has 1 aromatic heterocycles. The Hall–Kier alpha value is -1.02. The Kier molecular flexibility index (Phi) is 4.54. The van der Waals surface area contributed by atoms with Crippen molar-refractivity contribution in [2.75, 3.05) is 39.4 Å². The molecule has 2 saturated heterocycles. The van der Waals surface area contributed by atoms with Gasteiger partial charge in [0.05, 0.1) is 16.7 Å². The number of aromatic nitrogens is 1. The quantitative estimate of drug-likeness (QED) is 0.869. The fraction of sp³-hybridized carbons (Fsp3) is 0.714. The Labute approximate surface area is 128 Å². The van der Waals surface area contributed by atoms with E-state index in [0.29, 0.717) is 26.1 Å². The summed E-state index contributed by atoms with van der Waals surface area (Å²) in [6.07, 6.45) is 1.26. The number of carbonyl (C=O) groups excluding carboxylic acids is 1. The molecule has 3 rings (SSSR count). The largest absolute Gasteiger partial charge is 0.381 e. The molecule has 0 spiro atoms. The lowest BCUT2D eigenvalue weighted by Crippen LogP contribution is -2.61. The van der Waals surface area contributed by atoms with Crippen LogP contribution in [0.3, 0.4) is 0 Å². The maximum absolute atomic E-state index is 12.6. The number of carbonyl (C=O) groups is 1. The molecule has 21 heavy (non-hydrogen) atoms. The fourth-order valence-corrected chi connectivity index (χ4v) is 3.47. The van der Waals surface area contributed by atoms with Crippen LogP contribution in [-0.4, -0.2) is 65.6 Å². The van der Waals surface area contributed by atoms with Crippen molar-refractivity contribution in [3.05, 3.63) is 16.6 Å². The van der Waals surface area contributed by atoms with Gasteiger partial charge in [-0.25, -0.2) is 4.98 Å². The highest BCUT2D eigenvalue weighted by Gasteiger charge is 2.39. The number of nitrogens with two attached hydrogens (primary N) is 1. The second-order valence-corrected chi connectivity index (χ2v) is 6.54. The molecule has 116 valence electrons. The molecule has 1 aromatic rings. The zero-order valence-electron chi connectivity index (χ0n) is 12.2. The Morgan fingerprint density at radius 3 is 2.67 bits per heavy atom. The van der Waals surface area contributed by atoms with Crippen LogP contribution in [0.15, 0.2) is 10.9 Å². The molecule has 0 unspecified atom stereocenters. The highest BCUT2D eigenvalue weighted by Crippen LogP contribution is 2.21. The number of nitrogens with zero attached hydrogens (tertiary/aromatic N) is 3. The van der Waals surface area contributed by atoms with Gasteiger partial charge in [0, 0.05) is 51.3 Å². The highest BCUT2D eigenvalue weighted by atomic mass is 32.1. The first-order chi connectivity index (χ1) is 10.2. The van der Waals surface area contributed by atoms with Gasteiger partial charge in [-0.2, -0.15) is 0 Å². The van der Waals surface area contributed by atoms with E-state index < -0.39 is 5.54 Å². The summed E-state index contributed by atoms with van der Waals surface area (Å²) in [7, 11) is 0. The van der Waals surface area contributed by atoms with Crippen molar-refractivity contribution in [1.82, 2.24) is 14.8 Å². The molecule has 2 fully saturated rings. The lowest BCUT2D eigenvalue weighted by atomic mass is 9.89. The molecule has 0 saturated carbocycles. The normalized spacial score (nSPS) is 23.2. The summed E-state index contributed by atoms with van der Waals surface area (Å²) in [4.78, 5) is 21.2. The van der Waals surface area contributed by atoms with Crippen molar-refractivity contribution in [2.45, 2.75) is 24.9 Å². The van der Waals surface area contributed by atoms with E-state index in [1.165, 1.54) is 0 Å². The maximum Gasteiger partial charge on any atom is 0.242 e. The van der Waals surface area contributed by atoms with E-state index in [4.69, 9.17) is 10.5 Å². The molecule has 0 aromatic carbocycles. The van der Waals surface area contributed by atoms with E-state index in [9.17, 15) is 4.79 Å². The number of rotatable bonds is 3. The zero-order valence-corrected chi connectivity index (χ0v) is 13.0. The van der Waals surface area contributed by atoms with Crippen molar-refractivity contribution in [1.29, 1.82) is 0 Å². The summed E-state index contributed by atoms with van der Waals surface area (Å²) in [5, 5.41) is 2.08. The van der Waals surface area contributed by atoms with Gasteiger partial charge in [-0.1, -0.05) is 0 Å². The summed E-state index contributed by atoms with van der Waals surface area (Å²) in [5.74, 6) is 0.0964. The smallest absolute Gasteiger partial charge is 0.242 e. The van der Waals surface area contributed by atoms with Crippen molar-refractivity contribution < 1.29 is 9.53 Å². The first-order valence-electron chi connectivity index (χ1n) is 7.43. The number of ether oxygens (including phenoxy) is 1. The van der Waals surface area contributed by atoms with E-state index in [2.05, 4.69) is 15.3 Å². The van der Waals surface area contributed by atoms with Crippen molar-refractivity contribution in [3.8, 4) is 0 Å². The van der Waals surface area contributed by atoms with Crippen LogP contribution in [0.1, 0.15) is 18.5 Å². The van der Waals surface area contributed by atoms with E-state index in [-0.39, 0.29) is 5.91 Å². The van der Waals surface area contributed by atoms with Crippen LogP contribution in [0.5, 0.6) is 0 Å². The molecule has 2 aliphatic rings. The summed E-state index contributed by atoms with van der Waals surface area (Å²) in [6.45, 7) is 5.32. The van der Waals surface area contributed by atoms with Gasteiger partial charge in [0.1, 0.15) is 0 Å². The second-order valence-electron chi connectivity index (χ2n) is 5.82. The summed E-state index contributed by atoms with van der Waals surface area (Å²) >= 11 is 1.62. The molecule has 0 aliphatic carbocycles. The van der Waals surface area contributed by atoms with Gasteiger partial charge >= 0.3 is 0 Å². The van der Waals surface area contributed by atoms with Crippen LogP contribution in [0.2, 0.25) is 0 Å². The number of hydrogen-bond donors (Lipinski definition) is 1. The minimum atomic E-state index is -0.713. The molecule has 6 nitrogen and oxygen atoms in total. The van der Waals surface area contributed by atoms with Gasteiger partial charge < -0.3 is 15.4 Å². The van der Waals surface area contributed by atoms with Crippen LogP contribution in [0.25, 0.3) is 0 Å². The fourth-order valence-electron chi connectivity index (χ4n) is 2.92. The van der Waals surface area contributed by atoms with Crippen molar-refractivity contribution in [3.63, 3.8) is 0 Å². The van der Waals surface area contributed by atoms with E-state index >= 15 is 0 Å². The summed E-state index contributed by atoms with van der Waals surface area (Å²) < 4.78 is 5.31. The van der Waals surface area contributed by atoms with E-state index in [1.807, 2.05) is 10.4 Å². The summed E-state index contributed by atoms with van der Waals surface area (Å²) in [5.41, 5.74) is 8.54. The molecular formula is C14H22N4O2S. The molecular weight excluding hydrogens is 288 g/mol. The van der Waals surface area contributed by atoms with Gasteiger partial charge in [-0.05, 0) is 12.8 Å². The minimum Gasteiger partial charge on any atom is -0.381 e. The summed E-state index contributed by atoms with van der Waals surface area (Å²) in [6, 6.07) is 0. The van der Waals surface area contributed by atoms with Crippen LogP contribution in [0, 0.1) is 0 Å². The van der Waals surface area contributed by atoms with Crippen molar-refractivity contribution in [2.24, 2.45) is 5.73 Å². The molecule has 0 radical (unpaired) electrons. The minimum absolute atomic E-state index is 0.0964. The third-order valence-electron chi connectivity index (χ3n) is 4.34. The van der Waals surface area contributed by atoms with Crippen molar-refractivity contribution >= 4 is 17.2 Å². The Morgan fingerprint density at radius 2 is 2.05 bits per heavy atom. The number of hydrogen-bond acceptors (Lipinski definition) is 6. The number of piperazine rings is 1. The predicted molar refractivity (Wildman–Crippen MR) is 80.9 cm³/mol. The van der Waals surface area contributed by atoms with Crippen LogP contribution in [0.4, 0.5) is 0 Å². The molecule has 0 bridgehead atoms. The lowest BCUT2D eigenvalue weighted by Gasteiger charge is -2.40. The van der Waals surface area contributed by atoms with E-state index in [1.54, 1.807) is 11.3 Å². The molecule has 2 N–H and O–H groups in total. The third kappa shape index (κ3) is 3.42. The topological polar surface area (TPSA) is 71.7 Å². The second kappa shape index (κ2) is 6.39. The zero-order chi connectivity index (χ0) is 14.7. The van der Waals surface area contributed by atoms with Crippen LogP contribution in [-0.2, 0) is 16.1 Å². The first kappa shape index (κ1) is 14.9. The third-order valence-corrected chi connectivity index (χ3v) is 4.97. The molecule has 2 aliphatic heterocycles. The average molecular weight is 310 g/mol. The van der Waals surface area contributed by atoms with Gasteiger partial charge in [-0.15, -0.1) is 11.3 Å². The Bertz CT molecular complexity index is 465. The number of thiazole rings is 1. The molecule has 3 heterocycles. The SMILES string of the molecule is NC1(C(=O)N2CCN(Cc3cscn3)CC2)CCOCC1. The van der Waals surface area contributed by atoms with E-state index in [0.717, 1.165) is 38.4 Å². The Morgan fingerprint density at radius 1 is 1.33 bits per heavy atom. The highest BCUT2D eigenvalue weighted by molar-refractivity contribution is 7.07. The molecule has 1 amide bonds. The Balaban J connectivity index is 1.52. The van der Waals surface area contributed by atoms with Crippen LogP contribution < -0.4 is 5.73 Å². The van der Waals surface area contributed by atoms with Gasteiger partial charge in [-0.3, -0.25) is 9.69 Å². The first-order valence-corrected chi connectivity index (χ1v) is 8.37. The number of amides is 1. The van der Waals surface area contributed by atoms with Gasteiger partial charge in [0.25, 0.3) is 0 Å². The van der Waals surface area contributed by atoms with Crippen LogP contribution >= 0.6 is 11.3 Å². The lowest BCUT2D eigenvalue weighted by molar-refractivity contribution is -0.142. The average Bonchev–Trinajstić information content (AvgIpc) is 3.01. The predicted octanol–water partition coefficient (Wildman–Crippen LogP) is 0.295. The molecule has 0 atom stereocenters. The monoisotopic (exact) mass is 310 g/mol. The maximum atomic E-state index is 12.6. The van der Waals surface area contributed by atoms with Gasteiger partial charge in [0.15, 0.2) is 0 Å². The van der Waals surface area contributed by atoms with Gasteiger partial charge in [0.2, 0.25) is 5.91 Å².